The summed E-state index contributed by atoms with van der Waals surface area (Å²) in [5, 5.41) is 25.5. The van der Waals surface area contributed by atoms with Crippen LogP contribution in [0.25, 0.3) is 0 Å². The Balaban J connectivity index is 2.81. The van der Waals surface area contributed by atoms with Crippen LogP contribution in [0.1, 0.15) is 153 Å². The molecular formula is C52H87N9O9. The number of amides is 9. The highest BCUT2D eigenvalue weighted by Gasteiger charge is 2.38. The third kappa shape index (κ3) is 19.7. The van der Waals surface area contributed by atoms with Crippen molar-refractivity contribution in [3.63, 3.8) is 0 Å². The molecule has 0 bridgehead atoms. The number of unbranched alkanes of at least 4 members (excludes halogenated alkanes) is 1. The van der Waals surface area contributed by atoms with E-state index in [1.807, 2.05) is 54.5 Å². The monoisotopic (exact) mass is 982 g/mol. The Bertz CT molecular complexity index is 1880. The number of hydrogen-bond donors (Lipinski definition) is 9. The molecule has 1 saturated heterocycles. The van der Waals surface area contributed by atoms with Crippen LogP contribution in [0.3, 0.4) is 0 Å². The predicted octanol–water partition coefficient (Wildman–Crippen LogP) is 3.46. The minimum absolute atomic E-state index is 0.0293. The number of nitrogens with one attached hydrogen (secondary N) is 9. The van der Waals surface area contributed by atoms with E-state index in [0.717, 1.165) is 0 Å². The van der Waals surface area contributed by atoms with Gasteiger partial charge >= 0.3 is 0 Å². The van der Waals surface area contributed by atoms with Crippen molar-refractivity contribution in [3.05, 3.63) is 35.9 Å². The van der Waals surface area contributed by atoms with Gasteiger partial charge in [-0.2, -0.15) is 0 Å². The van der Waals surface area contributed by atoms with Gasteiger partial charge in [0.05, 0.1) is 0 Å². The molecule has 18 nitrogen and oxygen atoms in total. The lowest BCUT2D eigenvalue weighted by Gasteiger charge is -2.32. The fraction of sp³-hybridized carbons (Fsp3) is 0.712. The summed E-state index contributed by atoms with van der Waals surface area (Å²) in [5.74, 6) is -7.15. The van der Waals surface area contributed by atoms with Crippen molar-refractivity contribution >= 4 is 53.2 Å². The molecule has 394 valence electrons. The van der Waals surface area contributed by atoms with Crippen molar-refractivity contribution in [2.45, 2.75) is 202 Å². The summed E-state index contributed by atoms with van der Waals surface area (Å²) >= 11 is 0. The van der Waals surface area contributed by atoms with E-state index in [9.17, 15) is 43.2 Å². The maximum atomic E-state index is 14.6. The lowest BCUT2D eigenvalue weighted by molar-refractivity contribution is -0.138. The zero-order valence-corrected chi connectivity index (χ0v) is 44.1. The molecule has 1 aromatic carbocycles. The molecular weight excluding hydrogens is 895 g/mol. The molecule has 0 radical (unpaired) electrons. The molecule has 1 aliphatic rings. The van der Waals surface area contributed by atoms with Gasteiger partial charge in [0.2, 0.25) is 53.2 Å². The normalized spacial score (nSPS) is 25.8. The molecule has 12 atom stereocenters. The van der Waals surface area contributed by atoms with E-state index < -0.39 is 119 Å². The van der Waals surface area contributed by atoms with Gasteiger partial charge in [-0.25, -0.2) is 0 Å². The second-order valence-corrected chi connectivity index (χ2v) is 19.8. The Labute approximate surface area is 417 Å². The van der Waals surface area contributed by atoms with Crippen LogP contribution in [0.2, 0.25) is 0 Å². The Morgan fingerprint density at radius 1 is 0.500 bits per heavy atom. The summed E-state index contributed by atoms with van der Waals surface area (Å²) < 4.78 is 0. The van der Waals surface area contributed by atoms with Crippen LogP contribution in [0.5, 0.6) is 0 Å². The summed E-state index contributed by atoms with van der Waals surface area (Å²) in [6.07, 6.45) is 4.10. The second-order valence-electron chi connectivity index (χ2n) is 19.8. The van der Waals surface area contributed by atoms with Gasteiger partial charge in [0.25, 0.3) is 0 Å². The Morgan fingerprint density at radius 3 is 1.37 bits per heavy atom. The number of carbonyl (C=O) groups excluding carboxylic acids is 9. The van der Waals surface area contributed by atoms with Crippen LogP contribution in [0.4, 0.5) is 0 Å². The Hall–Kier alpha value is -5.55. The van der Waals surface area contributed by atoms with Gasteiger partial charge in [-0.05, 0) is 74.2 Å². The highest BCUT2D eigenvalue weighted by molar-refractivity contribution is 5.99. The van der Waals surface area contributed by atoms with Gasteiger partial charge < -0.3 is 47.9 Å². The largest absolute Gasteiger partial charge is 0.356 e. The van der Waals surface area contributed by atoms with Crippen LogP contribution >= 0.6 is 0 Å². The highest BCUT2D eigenvalue weighted by atomic mass is 16.2. The molecule has 1 fully saturated rings. The molecule has 0 spiro atoms. The second kappa shape index (κ2) is 30.9. The van der Waals surface area contributed by atoms with Crippen LogP contribution in [-0.2, 0) is 49.6 Å². The van der Waals surface area contributed by atoms with Gasteiger partial charge in [0.15, 0.2) is 0 Å². The van der Waals surface area contributed by atoms with E-state index in [1.165, 1.54) is 6.92 Å². The minimum atomic E-state index is -1.23. The van der Waals surface area contributed by atoms with E-state index in [2.05, 4.69) is 47.9 Å². The van der Waals surface area contributed by atoms with Gasteiger partial charge in [0, 0.05) is 19.4 Å². The lowest BCUT2D eigenvalue weighted by atomic mass is 9.94. The maximum absolute atomic E-state index is 14.6. The molecule has 1 heterocycles. The van der Waals surface area contributed by atoms with Crippen molar-refractivity contribution in [3.8, 4) is 0 Å². The average Bonchev–Trinajstić information content (AvgIpc) is 3.33. The fourth-order valence-corrected chi connectivity index (χ4v) is 8.05. The summed E-state index contributed by atoms with van der Waals surface area (Å²) in [7, 11) is 0. The molecule has 1 aromatic rings. The molecule has 70 heavy (non-hydrogen) atoms. The summed E-state index contributed by atoms with van der Waals surface area (Å²) in [5.41, 5.74) is 0.712. The molecule has 18 heteroatoms. The van der Waals surface area contributed by atoms with E-state index >= 15 is 0 Å². The van der Waals surface area contributed by atoms with E-state index in [4.69, 9.17) is 0 Å². The van der Waals surface area contributed by atoms with Crippen molar-refractivity contribution in [2.24, 2.45) is 29.6 Å². The average molecular weight is 982 g/mol. The number of hydrogen-bond acceptors (Lipinski definition) is 9. The zero-order chi connectivity index (χ0) is 52.7. The van der Waals surface area contributed by atoms with E-state index in [1.54, 1.807) is 52.0 Å². The van der Waals surface area contributed by atoms with Crippen molar-refractivity contribution in [1.29, 1.82) is 0 Å². The maximum Gasteiger partial charge on any atom is 0.243 e. The molecule has 0 saturated carbocycles. The first-order valence-corrected chi connectivity index (χ1v) is 25.9. The minimum Gasteiger partial charge on any atom is -0.356 e. The standard InChI is InChI=1S/C52H87N9O9/c1-13-23-40(62)53-27-22-21-26-37-46(64)59-42(32(9)15-3)51(69)57-39(29-36-24-19-18-20-25-36)47(65)56-38(28-30(6)7)48(66)60-41(31(8)14-2)49(67)54-35(12)45(63)58-44(34(11)17-5)52(70)61-43(33(10)16-4)50(68)55-37/h18-20,24-25,30-35,37-39,41-44H,13-17,21-23,26-29H2,1-12H3,(H,53,62)(H,54,67)(H,55,68)(H,56,65)(H,57,69)(H,58,63)(H,59,64)(H,60,66)(H,61,70)/t31?,32?,33?,34?,35-,37?,38-,39-,41+,42+,43-,44+/m1/s1. The highest BCUT2D eigenvalue weighted by Crippen LogP contribution is 2.17. The molecule has 0 aromatic heterocycles. The van der Waals surface area contributed by atoms with Crippen LogP contribution in [-0.4, -0.2) is 108 Å². The van der Waals surface area contributed by atoms with Gasteiger partial charge in [0.1, 0.15) is 48.3 Å². The van der Waals surface area contributed by atoms with E-state index in [-0.39, 0.29) is 31.1 Å². The summed E-state index contributed by atoms with van der Waals surface area (Å²) in [6.45, 7) is 22.0. The number of carbonyl (C=O) groups is 9. The zero-order valence-electron chi connectivity index (χ0n) is 44.1. The van der Waals surface area contributed by atoms with Crippen LogP contribution in [0, 0.1) is 29.6 Å². The first-order valence-electron chi connectivity index (χ1n) is 25.9. The topological polar surface area (TPSA) is 262 Å². The van der Waals surface area contributed by atoms with Gasteiger partial charge in [-0.1, -0.05) is 132 Å². The van der Waals surface area contributed by atoms with Crippen LogP contribution < -0.4 is 47.9 Å². The van der Waals surface area contributed by atoms with Gasteiger partial charge in [-0.3, -0.25) is 43.2 Å². The first-order chi connectivity index (χ1) is 33.1. The molecule has 9 N–H and O–H groups in total. The summed E-state index contributed by atoms with van der Waals surface area (Å²) in [6, 6.07) is -0.299. The SMILES string of the molecule is CCCC(=O)NCCCCC1NC(=O)[C@@H](C(C)CC)NC(=O)[C@H](C(C)CC)NC(=O)[C@@H](C)NC(=O)[C@H](C(C)CC)NC(=O)[C@@H](CC(C)C)NC(=O)[C@@H](Cc2ccccc2)NC(=O)[C@H](C(C)CC)NC1=O. The van der Waals surface area contributed by atoms with Gasteiger partial charge in [-0.15, -0.1) is 0 Å². The smallest absolute Gasteiger partial charge is 0.243 e. The van der Waals surface area contributed by atoms with E-state index in [0.29, 0.717) is 63.5 Å². The molecule has 2 rings (SSSR count). The van der Waals surface area contributed by atoms with Crippen molar-refractivity contribution in [2.75, 3.05) is 6.54 Å². The van der Waals surface area contributed by atoms with Crippen molar-refractivity contribution < 1.29 is 43.2 Å². The molecule has 1 aliphatic heterocycles. The quantitative estimate of drug-likeness (QED) is 0.0919. The van der Waals surface area contributed by atoms with Crippen molar-refractivity contribution in [1.82, 2.24) is 47.9 Å². The first kappa shape index (κ1) is 60.6. The Kier molecular flexibility index (Phi) is 26.8. The third-order valence-electron chi connectivity index (χ3n) is 13.5. The molecule has 5 unspecified atom stereocenters. The summed E-state index contributed by atoms with van der Waals surface area (Å²) in [4.78, 5) is 127. The third-order valence-corrected chi connectivity index (χ3v) is 13.5. The molecule has 9 amide bonds. The fourth-order valence-electron chi connectivity index (χ4n) is 8.05. The predicted molar refractivity (Wildman–Crippen MR) is 270 cm³/mol. The van der Waals surface area contributed by atoms with Crippen LogP contribution in [0.15, 0.2) is 30.3 Å². The number of benzene rings is 1. The lowest BCUT2D eigenvalue weighted by Crippen LogP contribution is -2.63. The Morgan fingerprint density at radius 2 is 0.900 bits per heavy atom. The molecule has 0 aliphatic carbocycles. The number of rotatable bonds is 19.